The standard InChI is InChI=1S/C15H30O4/c16-13-11-9-7-5-3-1-2-4-6-8-10-12-14(17)15(18)19/h14,16-17H,1-13H2,(H,18,19)/t14-/m1/s1. The zero-order chi connectivity index (χ0) is 14.3. The molecular formula is C15H30O4. The van der Waals surface area contributed by atoms with Gasteiger partial charge in [-0.2, -0.15) is 0 Å². The van der Waals surface area contributed by atoms with Crippen molar-refractivity contribution in [2.45, 2.75) is 83.2 Å². The van der Waals surface area contributed by atoms with Crippen molar-refractivity contribution in [1.82, 2.24) is 0 Å². The number of aliphatic hydroxyl groups excluding tert-OH is 2. The lowest BCUT2D eigenvalue weighted by atomic mass is 10.0. The summed E-state index contributed by atoms with van der Waals surface area (Å²) in [6.45, 7) is 0.316. The summed E-state index contributed by atoms with van der Waals surface area (Å²) in [6, 6.07) is 0. The van der Waals surface area contributed by atoms with Gasteiger partial charge in [-0.1, -0.05) is 64.2 Å². The third-order valence-corrected chi connectivity index (χ3v) is 3.42. The largest absolute Gasteiger partial charge is 0.479 e. The van der Waals surface area contributed by atoms with E-state index in [4.69, 9.17) is 15.3 Å². The molecule has 0 unspecified atom stereocenters. The minimum Gasteiger partial charge on any atom is -0.479 e. The minimum atomic E-state index is -1.18. The summed E-state index contributed by atoms with van der Waals surface area (Å²) in [5.74, 6) is -1.11. The summed E-state index contributed by atoms with van der Waals surface area (Å²) in [4.78, 5) is 10.4. The van der Waals surface area contributed by atoms with E-state index < -0.39 is 12.1 Å². The first-order valence-corrected chi connectivity index (χ1v) is 7.70. The van der Waals surface area contributed by atoms with Gasteiger partial charge in [-0.25, -0.2) is 4.79 Å². The molecule has 0 heterocycles. The monoisotopic (exact) mass is 274 g/mol. The van der Waals surface area contributed by atoms with Crippen molar-refractivity contribution in [2.75, 3.05) is 6.61 Å². The van der Waals surface area contributed by atoms with Crippen LogP contribution < -0.4 is 0 Å². The van der Waals surface area contributed by atoms with Gasteiger partial charge in [0.25, 0.3) is 0 Å². The lowest BCUT2D eigenvalue weighted by molar-refractivity contribution is -0.146. The molecule has 0 amide bonds. The van der Waals surface area contributed by atoms with Crippen LogP contribution in [0.4, 0.5) is 0 Å². The van der Waals surface area contributed by atoms with E-state index in [-0.39, 0.29) is 0 Å². The van der Waals surface area contributed by atoms with Crippen LogP contribution in [0.5, 0.6) is 0 Å². The number of hydrogen-bond donors (Lipinski definition) is 3. The second-order valence-corrected chi connectivity index (χ2v) is 5.26. The van der Waals surface area contributed by atoms with Crippen molar-refractivity contribution in [3.05, 3.63) is 0 Å². The van der Waals surface area contributed by atoms with Crippen LogP contribution in [0, 0.1) is 0 Å². The van der Waals surface area contributed by atoms with E-state index in [0.717, 1.165) is 32.1 Å². The van der Waals surface area contributed by atoms with Crippen molar-refractivity contribution in [3.63, 3.8) is 0 Å². The number of carboxylic acids is 1. The second-order valence-electron chi connectivity index (χ2n) is 5.26. The molecule has 4 heteroatoms. The molecule has 4 nitrogen and oxygen atoms in total. The first kappa shape index (κ1) is 18.4. The predicted molar refractivity (Wildman–Crippen MR) is 76.1 cm³/mol. The first-order valence-electron chi connectivity index (χ1n) is 7.70. The van der Waals surface area contributed by atoms with E-state index in [9.17, 15) is 4.79 Å². The molecule has 1 atom stereocenters. The fraction of sp³-hybridized carbons (Fsp3) is 0.933. The number of aliphatic carboxylic acids is 1. The summed E-state index contributed by atoms with van der Waals surface area (Å²) < 4.78 is 0. The highest BCUT2D eigenvalue weighted by Gasteiger charge is 2.11. The average Bonchev–Trinajstić information content (AvgIpc) is 2.39. The van der Waals surface area contributed by atoms with Gasteiger partial charge >= 0.3 is 5.97 Å². The smallest absolute Gasteiger partial charge is 0.332 e. The molecular weight excluding hydrogens is 244 g/mol. The lowest BCUT2D eigenvalue weighted by Gasteiger charge is -2.05. The quantitative estimate of drug-likeness (QED) is 0.425. The van der Waals surface area contributed by atoms with Gasteiger partial charge in [0.15, 0.2) is 6.10 Å². The van der Waals surface area contributed by atoms with E-state index >= 15 is 0 Å². The summed E-state index contributed by atoms with van der Waals surface area (Å²) in [6.07, 6.45) is 11.7. The van der Waals surface area contributed by atoms with E-state index in [1.54, 1.807) is 0 Å². The molecule has 114 valence electrons. The van der Waals surface area contributed by atoms with Crippen LogP contribution in [0.1, 0.15) is 77.0 Å². The van der Waals surface area contributed by atoms with Crippen molar-refractivity contribution in [2.24, 2.45) is 0 Å². The van der Waals surface area contributed by atoms with Crippen LogP contribution in [0.2, 0.25) is 0 Å². The van der Waals surface area contributed by atoms with E-state index in [1.807, 2.05) is 0 Å². The molecule has 0 bridgehead atoms. The van der Waals surface area contributed by atoms with Crippen LogP contribution >= 0.6 is 0 Å². The van der Waals surface area contributed by atoms with Gasteiger partial charge in [-0.3, -0.25) is 0 Å². The number of carbonyl (C=O) groups is 1. The number of rotatable bonds is 14. The molecule has 0 aromatic heterocycles. The minimum absolute atomic E-state index is 0.316. The highest BCUT2D eigenvalue weighted by Crippen LogP contribution is 2.12. The van der Waals surface area contributed by atoms with Gasteiger partial charge in [0, 0.05) is 6.61 Å². The van der Waals surface area contributed by atoms with E-state index in [2.05, 4.69) is 0 Å². The molecule has 0 spiro atoms. The molecule has 3 N–H and O–H groups in total. The maximum Gasteiger partial charge on any atom is 0.332 e. The van der Waals surface area contributed by atoms with Gasteiger partial charge < -0.3 is 15.3 Å². The Kier molecular flexibility index (Phi) is 13.4. The molecule has 19 heavy (non-hydrogen) atoms. The molecule has 0 saturated carbocycles. The van der Waals surface area contributed by atoms with Crippen LogP contribution in [0.25, 0.3) is 0 Å². The molecule has 0 fully saturated rings. The lowest BCUT2D eigenvalue weighted by Crippen LogP contribution is -2.18. The van der Waals surface area contributed by atoms with Gasteiger partial charge in [-0.15, -0.1) is 0 Å². The summed E-state index contributed by atoms with van der Waals surface area (Å²) in [5.41, 5.74) is 0. The second kappa shape index (κ2) is 13.8. The van der Waals surface area contributed by atoms with E-state index in [1.165, 1.54) is 38.5 Å². The van der Waals surface area contributed by atoms with Gasteiger partial charge in [0.2, 0.25) is 0 Å². The van der Waals surface area contributed by atoms with Crippen LogP contribution in [0.3, 0.4) is 0 Å². The Hall–Kier alpha value is -0.610. The fourth-order valence-electron chi connectivity index (χ4n) is 2.16. The number of carboxylic acid groups (broad SMARTS) is 1. The molecule has 0 aliphatic carbocycles. The molecule has 0 aliphatic rings. The van der Waals surface area contributed by atoms with Crippen LogP contribution in [0.15, 0.2) is 0 Å². The van der Waals surface area contributed by atoms with Crippen LogP contribution in [-0.2, 0) is 4.79 Å². The fourth-order valence-corrected chi connectivity index (χ4v) is 2.16. The van der Waals surface area contributed by atoms with Crippen LogP contribution in [-0.4, -0.2) is 34.0 Å². The first-order chi connectivity index (χ1) is 9.18. The maximum atomic E-state index is 10.4. The highest BCUT2D eigenvalue weighted by atomic mass is 16.4. The van der Waals surface area contributed by atoms with Crippen molar-refractivity contribution >= 4 is 5.97 Å². The Morgan fingerprint density at radius 2 is 1.11 bits per heavy atom. The van der Waals surface area contributed by atoms with Crippen molar-refractivity contribution < 1.29 is 20.1 Å². The zero-order valence-electron chi connectivity index (χ0n) is 12.0. The Labute approximate surface area is 116 Å². The third-order valence-electron chi connectivity index (χ3n) is 3.42. The zero-order valence-corrected chi connectivity index (χ0v) is 12.0. The number of aliphatic hydroxyl groups is 2. The van der Waals surface area contributed by atoms with Crippen molar-refractivity contribution in [1.29, 1.82) is 0 Å². The normalized spacial score (nSPS) is 12.5. The number of unbranched alkanes of at least 4 members (excludes halogenated alkanes) is 10. The Bertz CT molecular complexity index is 206. The molecule has 0 saturated heterocycles. The highest BCUT2D eigenvalue weighted by molar-refractivity contribution is 5.71. The Morgan fingerprint density at radius 1 is 0.737 bits per heavy atom. The van der Waals surface area contributed by atoms with Gasteiger partial charge in [0.05, 0.1) is 0 Å². The average molecular weight is 274 g/mol. The summed E-state index contributed by atoms with van der Waals surface area (Å²) >= 11 is 0. The van der Waals surface area contributed by atoms with Crippen molar-refractivity contribution in [3.8, 4) is 0 Å². The molecule has 0 aliphatic heterocycles. The van der Waals surface area contributed by atoms with E-state index in [0.29, 0.717) is 13.0 Å². The SMILES string of the molecule is O=C(O)[C@H](O)CCCCCCCCCCCCCO. The predicted octanol–water partition coefficient (Wildman–Crippen LogP) is 3.11. The summed E-state index contributed by atoms with van der Waals surface area (Å²) in [7, 11) is 0. The Morgan fingerprint density at radius 3 is 1.47 bits per heavy atom. The number of hydrogen-bond acceptors (Lipinski definition) is 3. The van der Waals surface area contributed by atoms with Gasteiger partial charge in [-0.05, 0) is 12.8 Å². The van der Waals surface area contributed by atoms with Gasteiger partial charge in [0.1, 0.15) is 0 Å². The topological polar surface area (TPSA) is 77.8 Å². The molecule has 0 aromatic carbocycles. The summed E-state index contributed by atoms with van der Waals surface area (Å²) in [5, 5.41) is 26.2. The molecule has 0 rings (SSSR count). The third kappa shape index (κ3) is 13.6. The molecule has 0 aromatic rings. The molecule has 0 radical (unpaired) electrons. The maximum absolute atomic E-state index is 10.4. The Balaban J connectivity index is 3.05.